The maximum absolute atomic E-state index is 13.2. The molecule has 0 radical (unpaired) electrons. The zero-order valence-corrected chi connectivity index (χ0v) is 18.0. The van der Waals surface area contributed by atoms with Gasteiger partial charge in [0.2, 0.25) is 17.6 Å². The second-order valence-corrected chi connectivity index (χ2v) is 8.27. The summed E-state index contributed by atoms with van der Waals surface area (Å²) in [6, 6.07) is 12.1. The van der Waals surface area contributed by atoms with E-state index in [0.717, 1.165) is 18.0 Å². The molecule has 1 aliphatic carbocycles. The van der Waals surface area contributed by atoms with Crippen LogP contribution in [-0.2, 0) is 16.4 Å². The van der Waals surface area contributed by atoms with E-state index in [9.17, 15) is 18.0 Å². The highest BCUT2D eigenvalue weighted by Gasteiger charge is 2.51. The van der Waals surface area contributed by atoms with Crippen molar-refractivity contribution < 1.29 is 18.0 Å². The predicted molar refractivity (Wildman–Crippen MR) is 117 cm³/mol. The van der Waals surface area contributed by atoms with Crippen LogP contribution in [0.5, 0.6) is 0 Å². The van der Waals surface area contributed by atoms with Gasteiger partial charge in [-0.15, -0.1) is 10.2 Å². The summed E-state index contributed by atoms with van der Waals surface area (Å²) in [6.45, 7) is 0. The Morgan fingerprint density at radius 1 is 1.06 bits per heavy atom. The number of aromatic amines is 1. The lowest BCUT2D eigenvalue weighted by atomic mass is 9.94. The van der Waals surface area contributed by atoms with Crippen LogP contribution in [0.3, 0.4) is 0 Å². The molecule has 0 aliphatic heterocycles. The zero-order chi connectivity index (χ0) is 23.9. The van der Waals surface area contributed by atoms with E-state index in [1.807, 2.05) is 6.07 Å². The molecule has 1 amide bonds. The molecule has 12 heteroatoms. The molecule has 0 bridgehead atoms. The summed E-state index contributed by atoms with van der Waals surface area (Å²) in [6.07, 6.45) is -1.11. The number of anilines is 1. The Morgan fingerprint density at radius 2 is 1.82 bits per heavy atom. The van der Waals surface area contributed by atoms with Crippen LogP contribution >= 0.6 is 11.6 Å². The van der Waals surface area contributed by atoms with Gasteiger partial charge in [-0.3, -0.25) is 4.79 Å². The van der Waals surface area contributed by atoms with Crippen molar-refractivity contribution in [3.05, 3.63) is 71.3 Å². The van der Waals surface area contributed by atoms with Gasteiger partial charge in [-0.05, 0) is 53.4 Å². The highest BCUT2D eigenvalue weighted by atomic mass is 35.5. The summed E-state index contributed by atoms with van der Waals surface area (Å²) in [5, 5.41) is 17.3. The van der Waals surface area contributed by atoms with E-state index in [1.54, 1.807) is 36.4 Å². The molecule has 0 spiro atoms. The van der Waals surface area contributed by atoms with E-state index >= 15 is 0 Å². The van der Waals surface area contributed by atoms with Gasteiger partial charge in [-0.2, -0.15) is 18.4 Å². The van der Waals surface area contributed by atoms with Crippen molar-refractivity contribution in [3.63, 3.8) is 0 Å². The van der Waals surface area contributed by atoms with E-state index in [4.69, 9.17) is 11.6 Å². The number of nitrogens with zero attached hydrogens (tertiary/aromatic N) is 5. The fraction of sp³-hybridized carbons (Fsp3) is 0.182. The minimum Gasteiger partial charge on any atom is -0.325 e. The van der Waals surface area contributed by atoms with Crippen LogP contribution in [0.4, 0.5) is 18.9 Å². The number of nitrogens with one attached hydrogen (secondary N) is 2. The lowest BCUT2D eigenvalue weighted by molar-refractivity contribution is -0.145. The van der Waals surface area contributed by atoms with E-state index in [-0.39, 0.29) is 11.7 Å². The topological polar surface area (TPSA) is 109 Å². The molecular weight excluding hydrogens is 471 g/mol. The Bertz CT molecular complexity index is 1350. The number of aromatic nitrogens is 6. The van der Waals surface area contributed by atoms with Crippen molar-refractivity contribution in [1.29, 1.82) is 0 Å². The van der Waals surface area contributed by atoms with E-state index in [1.165, 1.54) is 0 Å². The normalized spacial score (nSPS) is 14.6. The van der Waals surface area contributed by atoms with E-state index in [2.05, 4.69) is 35.9 Å². The molecular formula is C22H15ClF3N7O. The molecule has 0 unspecified atom stereocenters. The van der Waals surface area contributed by atoms with Gasteiger partial charge in [-0.25, -0.2) is 9.97 Å². The third-order valence-corrected chi connectivity index (χ3v) is 5.88. The fourth-order valence-electron chi connectivity index (χ4n) is 3.76. The number of hydrogen-bond acceptors (Lipinski definition) is 6. The first-order chi connectivity index (χ1) is 16.3. The smallest absolute Gasteiger partial charge is 0.325 e. The largest absolute Gasteiger partial charge is 0.451 e. The monoisotopic (exact) mass is 485 g/mol. The Kier molecular flexibility index (Phi) is 5.28. The molecule has 172 valence electrons. The average molecular weight is 486 g/mol. The average Bonchev–Trinajstić information content (AvgIpc) is 3.45. The summed E-state index contributed by atoms with van der Waals surface area (Å²) in [4.78, 5) is 20.0. The van der Waals surface area contributed by atoms with Crippen molar-refractivity contribution in [3.8, 4) is 22.5 Å². The number of amides is 1. The molecule has 0 saturated heterocycles. The first kappa shape index (κ1) is 22.0. The van der Waals surface area contributed by atoms with Crippen molar-refractivity contribution in [1.82, 2.24) is 30.6 Å². The molecule has 2 heterocycles. The van der Waals surface area contributed by atoms with Crippen molar-refractivity contribution in [2.75, 3.05) is 5.32 Å². The Hall–Kier alpha value is -3.86. The molecule has 1 saturated carbocycles. The molecule has 1 fully saturated rings. The molecule has 0 atom stereocenters. The van der Waals surface area contributed by atoms with Crippen LogP contribution in [0.1, 0.15) is 24.2 Å². The number of carbonyl (C=O) groups is 1. The first-order valence-corrected chi connectivity index (χ1v) is 10.5. The standard InChI is InChI=1S/C22H15ClF3N7O/c23-14-3-1-2-13(8-14)21(6-7-21)20(34)29-15-4-5-16(17(9-15)18-30-32-33-31-18)12-10-27-19(28-11-12)22(24,25)26/h1-5,8-11H,6-7H2,(H,29,34)(H,30,31,32,33). The molecule has 34 heavy (non-hydrogen) atoms. The second kappa shape index (κ2) is 8.17. The van der Waals surface area contributed by atoms with Crippen molar-refractivity contribution >= 4 is 23.2 Å². The number of benzene rings is 2. The quantitative estimate of drug-likeness (QED) is 0.425. The van der Waals surface area contributed by atoms with E-state index in [0.29, 0.717) is 40.2 Å². The Balaban J connectivity index is 1.47. The van der Waals surface area contributed by atoms with Crippen LogP contribution in [0.25, 0.3) is 22.5 Å². The van der Waals surface area contributed by atoms with Gasteiger partial charge in [0.15, 0.2) is 0 Å². The highest BCUT2D eigenvalue weighted by Crippen LogP contribution is 2.49. The van der Waals surface area contributed by atoms with Gasteiger partial charge in [0.1, 0.15) is 0 Å². The summed E-state index contributed by atoms with van der Waals surface area (Å²) in [5.74, 6) is -1.22. The zero-order valence-electron chi connectivity index (χ0n) is 17.3. The number of alkyl halides is 3. The van der Waals surface area contributed by atoms with Crippen molar-refractivity contribution in [2.45, 2.75) is 24.4 Å². The number of halogens is 4. The van der Waals surface area contributed by atoms with Gasteiger partial charge in [-0.1, -0.05) is 29.8 Å². The Labute approximate surface area is 195 Å². The number of carbonyl (C=O) groups excluding carboxylic acids is 1. The summed E-state index contributed by atoms with van der Waals surface area (Å²) in [7, 11) is 0. The Morgan fingerprint density at radius 3 is 2.44 bits per heavy atom. The highest BCUT2D eigenvalue weighted by molar-refractivity contribution is 6.30. The summed E-state index contributed by atoms with van der Waals surface area (Å²) in [5.41, 5.74) is 1.89. The molecule has 2 aromatic heterocycles. The van der Waals surface area contributed by atoms with E-state index < -0.39 is 17.4 Å². The molecule has 2 aromatic carbocycles. The lowest BCUT2D eigenvalue weighted by Crippen LogP contribution is -2.27. The van der Waals surface area contributed by atoms with Gasteiger partial charge in [0, 0.05) is 34.2 Å². The van der Waals surface area contributed by atoms with Crippen LogP contribution in [0, 0.1) is 0 Å². The summed E-state index contributed by atoms with van der Waals surface area (Å²) >= 11 is 6.10. The van der Waals surface area contributed by atoms with Crippen LogP contribution in [0.15, 0.2) is 54.9 Å². The fourth-order valence-corrected chi connectivity index (χ4v) is 3.95. The van der Waals surface area contributed by atoms with Gasteiger partial charge >= 0.3 is 6.18 Å². The maximum atomic E-state index is 13.2. The first-order valence-electron chi connectivity index (χ1n) is 10.1. The predicted octanol–water partition coefficient (Wildman–Crippen LogP) is 4.67. The lowest BCUT2D eigenvalue weighted by Gasteiger charge is -2.17. The third-order valence-electron chi connectivity index (χ3n) is 5.64. The minimum atomic E-state index is -4.65. The van der Waals surface area contributed by atoms with Crippen LogP contribution in [0.2, 0.25) is 5.02 Å². The molecule has 4 aromatic rings. The molecule has 1 aliphatic rings. The van der Waals surface area contributed by atoms with Crippen LogP contribution < -0.4 is 5.32 Å². The molecule has 5 rings (SSSR count). The SMILES string of the molecule is O=C(Nc1ccc(-c2cnc(C(F)(F)F)nc2)c(-c2nn[nH]n2)c1)C1(c2cccc(Cl)c2)CC1. The van der Waals surface area contributed by atoms with Gasteiger partial charge < -0.3 is 5.32 Å². The third kappa shape index (κ3) is 4.10. The minimum absolute atomic E-state index is 0.181. The van der Waals surface area contributed by atoms with Gasteiger partial charge in [0.05, 0.1) is 5.41 Å². The number of H-pyrrole nitrogens is 1. The number of hydrogen-bond donors (Lipinski definition) is 2. The number of rotatable bonds is 5. The molecule has 8 nitrogen and oxygen atoms in total. The maximum Gasteiger partial charge on any atom is 0.451 e. The molecule has 2 N–H and O–H groups in total. The summed E-state index contributed by atoms with van der Waals surface area (Å²) < 4.78 is 38.5. The van der Waals surface area contributed by atoms with Crippen molar-refractivity contribution in [2.24, 2.45) is 0 Å². The second-order valence-electron chi connectivity index (χ2n) is 7.84. The van der Waals surface area contributed by atoms with Crippen LogP contribution in [-0.4, -0.2) is 36.5 Å². The number of tetrazole rings is 1. The van der Waals surface area contributed by atoms with Gasteiger partial charge in [0.25, 0.3) is 0 Å².